The van der Waals surface area contributed by atoms with E-state index in [1.807, 2.05) is 0 Å². The summed E-state index contributed by atoms with van der Waals surface area (Å²) in [7, 11) is 0. The Kier molecular flexibility index (Phi) is 4.49. The van der Waals surface area contributed by atoms with Crippen molar-refractivity contribution in [1.82, 2.24) is 5.01 Å². The maximum absolute atomic E-state index is 13.2. The molecule has 0 saturated carbocycles. The highest BCUT2D eigenvalue weighted by Crippen LogP contribution is 2.41. The zero-order valence-corrected chi connectivity index (χ0v) is 12.4. The number of carbonyl (C=O) groups is 1. The first-order valence-electron chi connectivity index (χ1n) is 6.64. The molecule has 1 aliphatic heterocycles. The van der Waals surface area contributed by atoms with Gasteiger partial charge in [-0.3, -0.25) is 4.79 Å². The molecule has 0 spiro atoms. The lowest BCUT2D eigenvalue weighted by molar-refractivity contribution is -0.297. The van der Waals surface area contributed by atoms with E-state index >= 15 is 0 Å². The highest BCUT2D eigenvalue weighted by Gasteiger charge is 2.63. The summed E-state index contributed by atoms with van der Waals surface area (Å²) in [5.41, 5.74) is -3.26. The number of hydrazone groups is 1. The van der Waals surface area contributed by atoms with Gasteiger partial charge in [0.15, 0.2) is 0 Å². The Labute approximate surface area is 130 Å². The first-order valence-corrected chi connectivity index (χ1v) is 7.02. The highest BCUT2D eigenvalue weighted by molar-refractivity contribution is 6.31. The van der Waals surface area contributed by atoms with Crippen LogP contribution in [-0.4, -0.2) is 33.6 Å². The van der Waals surface area contributed by atoms with E-state index in [1.165, 1.54) is 24.3 Å². The third kappa shape index (κ3) is 2.96. The number of rotatable bonds is 3. The van der Waals surface area contributed by atoms with Crippen LogP contribution in [0.25, 0.3) is 0 Å². The Bertz CT molecular complexity index is 618. The molecule has 0 fully saturated rings. The first kappa shape index (κ1) is 16.8. The van der Waals surface area contributed by atoms with Crippen LogP contribution in [0.4, 0.5) is 13.2 Å². The fourth-order valence-corrected chi connectivity index (χ4v) is 2.41. The molecule has 22 heavy (non-hydrogen) atoms. The van der Waals surface area contributed by atoms with Gasteiger partial charge in [0, 0.05) is 22.7 Å². The molecule has 1 heterocycles. The molecule has 1 amide bonds. The summed E-state index contributed by atoms with van der Waals surface area (Å²) in [6.07, 6.45) is -4.92. The Morgan fingerprint density at radius 1 is 1.50 bits per heavy atom. The summed E-state index contributed by atoms with van der Waals surface area (Å²) in [4.78, 5) is 12.3. The number of hydrogen-bond donors (Lipinski definition) is 1. The van der Waals surface area contributed by atoms with Crippen molar-refractivity contribution < 1.29 is 23.1 Å². The van der Waals surface area contributed by atoms with Crippen LogP contribution >= 0.6 is 11.6 Å². The second-order valence-electron chi connectivity index (χ2n) is 5.03. The number of aliphatic hydroxyl groups is 1. The molecule has 0 unspecified atom stereocenters. The molecule has 2 rings (SSSR count). The maximum atomic E-state index is 13.2. The molecule has 1 atom stereocenters. The number of nitrogens with zero attached hydrogens (tertiary/aromatic N) is 2. The molecule has 4 nitrogen and oxygen atoms in total. The van der Waals surface area contributed by atoms with E-state index in [0.717, 1.165) is 0 Å². The molecule has 0 aliphatic carbocycles. The van der Waals surface area contributed by atoms with Crippen molar-refractivity contribution in [1.29, 1.82) is 0 Å². The van der Waals surface area contributed by atoms with Crippen LogP contribution in [0.3, 0.4) is 0 Å². The standard InChI is InChI=1S/C14H14ClF3N2O2/c1-2-4-11-8-13(22,14(16,17)18)20(19-11)12(21)9-5-3-6-10(15)7-9/h3,5-7,22H,2,4,8H2,1H3/t13-/m0/s1. The number of benzene rings is 1. The highest BCUT2D eigenvalue weighted by atomic mass is 35.5. The van der Waals surface area contributed by atoms with Gasteiger partial charge in [-0.25, -0.2) is 0 Å². The van der Waals surface area contributed by atoms with E-state index in [-0.39, 0.29) is 27.7 Å². The third-order valence-corrected chi connectivity index (χ3v) is 3.53. The Morgan fingerprint density at radius 2 is 2.18 bits per heavy atom. The largest absolute Gasteiger partial charge is 0.438 e. The van der Waals surface area contributed by atoms with E-state index in [1.54, 1.807) is 6.92 Å². The lowest BCUT2D eigenvalue weighted by Gasteiger charge is -2.32. The maximum Gasteiger partial charge on any atom is 0.438 e. The molecule has 0 radical (unpaired) electrons. The van der Waals surface area contributed by atoms with Gasteiger partial charge in [0.05, 0.1) is 0 Å². The number of hydrogen-bond acceptors (Lipinski definition) is 3. The van der Waals surface area contributed by atoms with E-state index in [4.69, 9.17) is 11.6 Å². The van der Waals surface area contributed by atoms with Gasteiger partial charge in [-0.1, -0.05) is 31.0 Å². The molecule has 1 aromatic carbocycles. The van der Waals surface area contributed by atoms with Crippen molar-refractivity contribution in [3.05, 3.63) is 34.9 Å². The number of amides is 1. The van der Waals surface area contributed by atoms with Crippen LogP contribution in [0.5, 0.6) is 0 Å². The van der Waals surface area contributed by atoms with E-state index in [2.05, 4.69) is 5.10 Å². The minimum absolute atomic E-state index is 0.0725. The van der Waals surface area contributed by atoms with Crippen LogP contribution in [0.1, 0.15) is 36.5 Å². The molecule has 1 aromatic rings. The normalized spacial score (nSPS) is 21.9. The van der Waals surface area contributed by atoms with E-state index < -0.39 is 24.2 Å². The van der Waals surface area contributed by atoms with Gasteiger partial charge in [0.2, 0.25) is 0 Å². The van der Waals surface area contributed by atoms with Gasteiger partial charge in [-0.15, -0.1) is 0 Å². The smallest absolute Gasteiger partial charge is 0.362 e. The molecule has 0 bridgehead atoms. The Morgan fingerprint density at radius 3 is 2.73 bits per heavy atom. The zero-order chi connectivity index (χ0) is 16.5. The molecular formula is C14H14ClF3N2O2. The van der Waals surface area contributed by atoms with Gasteiger partial charge < -0.3 is 5.11 Å². The second-order valence-corrected chi connectivity index (χ2v) is 5.47. The Balaban J connectivity index is 2.41. The minimum atomic E-state index is -5.01. The number of carbonyl (C=O) groups excluding carboxylic acids is 1. The summed E-state index contributed by atoms with van der Waals surface area (Å²) >= 11 is 5.74. The predicted molar refractivity (Wildman–Crippen MR) is 75.6 cm³/mol. The second kappa shape index (κ2) is 5.89. The SMILES string of the molecule is CCCC1=NN(C(=O)c2cccc(Cl)c2)[C@@](O)(C(F)(F)F)C1. The van der Waals surface area contributed by atoms with Crippen molar-refractivity contribution in [2.75, 3.05) is 0 Å². The fraction of sp³-hybridized carbons (Fsp3) is 0.429. The van der Waals surface area contributed by atoms with Crippen LogP contribution < -0.4 is 0 Å². The zero-order valence-electron chi connectivity index (χ0n) is 11.7. The van der Waals surface area contributed by atoms with Crippen molar-refractivity contribution in [3.63, 3.8) is 0 Å². The third-order valence-electron chi connectivity index (χ3n) is 3.30. The summed E-state index contributed by atoms with van der Waals surface area (Å²) in [6, 6.07) is 5.48. The topological polar surface area (TPSA) is 52.9 Å². The molecule has 0 aromatic heterocycles. The summed E-state index contributed by atoms with van der Waals surface area (Å²) in [5, 5.41) is 14.0. The van der Waals surface area contributed by atoms with Crippen molar-refractivity contribution in [3.8, 4) is 0 Å². The van der Waals surface area contributed by atoms with E-state index in [0.29, 0.717) is 6.42 Å². The van der Waals surface area contributed by atoms with Crippen LogP contribution in [0.15, 0.2) is 29.4 Å². The van der Waals surface area contributed by atoms with Gasteiger partial charge in [0.1, 0.15) is 0 Å². The molecular weight excluding hydrogens is 321 g/mol. The average Bonchev–Trinajstić information content (AvgIpc) is 2.76. The van der Waals surface area contributed by atoms with Gasteiger partial charge >= 0.3 is 6.18 Å². The van der Waals surface area contributed by atoms with Crippen molar-refractivity contribution in [2.45, 2.75) is 38.1 Å². The molecule has 8 heteroatoms. The van der Waals surface area contributed by atoms with Crippen LogP contribution in [0, 0.1) is 0 Å². The molecule has 120 valence electrons. The number of halogens is 4. The quantitative estimate of drug-likeness (QED) is 0.918. The Hall–Kier alpha value is -1.60. The predicted octanol–water partition coefficient (Wildman–Crippen LogP) is 3.59. The molecule has 1 N–H and O–H groups in total. The van der Waals surface area contributed by atoms with Crippen molar-refractivity contribution in [2.24, 2.45) is 5.10 Å². The average molecular weight is 335 g/mol. The van der Waals surface area contributed by atoms with Gasteiger partial charge in [0.25, 0.3) is 11.6 Å². The summed E-state index contributed by atoms with van der Waals surface area (Å²) in [5.74, 6) is -1.05. The lowest BCUT2D eigenvalue weighted by Crippen LogP contribution is -2.56. The van der Waals surface area contributed by atoms with Crippen molar-refractivity contribution >= 4 is 23.2 Å². The summed E-state index contributed by atoms with van der Waals surface area (Å²) in [6.45, 7) is 1.77. The van der Waals surface area contributed by atoms with Gasteiger partial charge in [-0.05, 0) is 24.6 Å². The first-order chi connectivity index (χ1) is 10.2. The summed E-state index contributed by atoms with van der Waals surface area (Å²) < 4.78 is 39.7. The molecule has 1 aliphatic rings. The van der Waals surface area contributed by atoms with Crippen LogP contribution in [0.2, 0.25) is 5.02 Å². The van der Waals surface area contributed by atoms with Gasteiger partial charge in [-0.2, -0.15) is 23.3 Å². The minimum Gasteiger partial charge on any atom is -0.362 e. The monoisotopic (exact) mass is 334 g/mol. The number of alkyl halides is 3. The van der Waals surface area contributed by atoms with Crippen LogP contribution in [-0.2, 0) is 0 Å². The molecule has 0 saturated heterocycles. The van der Waals surface area contributed by atoms with E-state index in [9.17, 15) is 23.1 Å². The fourth-order valence-electron chi connectivity index (χ4n) is 2.22. The lowest BCUT2D eigenvalue weighted by atomic mass is 10.0.